The minimum atomic E-state index is -0.260. The van der Waals surface area contributed by atoms with E-state index >= 15 is 0 Å². The van der Waals surface area contributed by atoms with Gasteiger partial charge in [0.25, 0.3) is 0 Å². The molecule has 0 heterocycles. The lowest BCUT2D eigenvalue weighted by molar-refractivity contribution is 0.103. The monoisotopic (exact) mass is 251 g/mol. The molecule has 1 fully saturated rings. The Morgan fingerprint density at radius 2 is 2.00 bits per heavy atom. The van der Waals surface area contributed by atoms with Gasteiger partial charge in [0.1, 0.15) is 5.82 Å². The van der Waals surface area contributed by atoms with Crippen LogP contribution in [0.3, 0.4) is 0 Å². The van der Waals surface area contributed by atoms with E-state index in [0.29, 0.717) is 6.54 Å². The number of rotatable bonds is 7. The second kappa shape index (κ2) is 6.30. The molecule has 0 unspecified atom stereocenters. The molecule has 1 N–H and O–H groups in total. The summed E-state index contributed by atoms with van der Waals surface area (Å²) in [6.45, 7) is 4.56. The van der Waals surface area contributed by atoms with Gasteiger partial charge in [-0.1, -0.05) is 19.1 Å². The van der Waals surface area contributed by atoms with Gasteiger partial charge in [-0.3, -0.25) is 4.90 Å². The molecule has 0 aromatic heterocycles. The number of halogens is 1. The topological polar surface area (TPSA) is 23.5 Å². The quantitative estimate of drug-likeness (QED) is 0.805. The molecule has 100 valence electrons. The minimum Gasteiger partial charge on any atom is -0.392 e. The number of nitrogens with zero attached hydrogens (tertiary/aromatic N) is 1. The molecular weight excluding hydrogens is 229 g/mol. The highest BCUT2D eigenvalue weighted by molar-refractivity contribution is 5.15. The third-order valence-electron chi connectivity index (χ3n) is 3.47. The summed E-state index contributed by atoms with van der Waals surface area (Å²) in [5.41, 5.74) is 1.11. The van der Waals surface area contributed by atoms with E-state index in [2.05, 4.69) is 4.90 Å². The van der Waals surface area contributed by atoms with E-state index in [9.17, 15) is 9.50 Å². The SMILES string of the molecule is CC[C@@H](O)CN(Cc1ccc(F)cc1)CC1CC1. The lowest BCUT2D eigenvalue weighted by atomic mass is 10.1. The predicted molar refractivity (Wildman–Crippen MR) is 70.7 cm³/mol. The van der Waals surface area contributed by atoms with Crippen molar-refractivity contribution in [1.29, 1.82) is 0 Å². The number of hydrogen-bond acceptors (Lipinski definition) is 2. The zero-order valence-corrected chi connectivity index (χ0v) is 11.0. The van der Waals surface area contributed by atoms with Crippen LogP contribution >= 0.6 is 0 Å². The minimum absolute atomic E-state index is 0.193. The van der Waals surface area contributed by atoms with Crippen LogP contribution in [0.5, 0.6) is 0 Å². The van der Waals surface area contributed by atoms with Crippen molar-refractivity contribution in [3.8, 4) is 0 Å². The summed E-state index contributed by atoms with van der Waals surface area (Å²) in [5.74, 6) is 0.607. The summed E-state index contributed by atoms with van der Waals surface area (Å²) in [6, 6.07) is 6.66. The first-order valence-electron chi connectivity index (χ1n) is 6.82. The average Bonchev–Trinajstić information content (AvgIpc) is 3.15. The van der Waals surface area contributed by atoms with Gasteiger partial charge in [0.15, 0.2) is 0 Å². The van der Waals surface area contributed by atoms with Crippen molar-refractivity contribution in [2.45, 2.75) is 38.8 Å². The Balaban J connectivity index is 1.92. The molecule has 2 nitrogen and oxygen atoms in total. The Morgan fingerprint density at radius 1 is 1.33 bits per heavy atom. The summed E-state index contributed by atoms with van der Waals surface area (Å²) < 4.78 is 12.9. The van der Waals surface area contributed by atoms with Crippen LogP contribution in [0.4, 0.5) is 4.39 Å². The standard InChI is InChI=1S/C15H22FNO/c1-2-15(18)11-17(9-12-3-4-12)10-13-5-7-14(16)8-6-13/h5-8,12,15,18H,2-4,9-11H2,1H3/t15-/m1/s1. The summed E-state index contributed by atoms with van der Waals surface area (Å²) >= 11 is 0. The van der Waals surface area contributed by atoms with E-state index in [0.717, 1.165) is 31.0 Å². The van der Waals surface area contributed by atoms with Crippen LogP contribution in [0.25, 0.3) is 0 Å². The maximum atomic E-state index is 12.9. The van der Waals surface area contributed by atoms with Crippen LogP contribution in [-0.4, -0.2) is 29.2 Å². The lowest BCUT2D eigenvalue weighted by Crippen LogP contribution is -2.33. The molecule has 1 aliphatic carbocycles. The van der Waals surface area contributed by atoms with Gasteiger partial charge in [-0.15, -0.1) is 0 Å². The van der Waals surface area contributed by atoms with E-state index in [-0.39, 0.29) is 11.9 Å². The molecule has 2 rings (SSSR count). The molecule has 1 aromatic carbocycles. The van der Waals surface area contributed by atoms with Gasteiger partial charge < -0.3 is 5.11 Å². The molecule has 0 radical (unpaired) electrons. The summed E-state index contributed by atoms with van der Waals surface area (Å²) in [6.07, 6.45) is 3.14. The van der Waals surface area contributed by atoms with Gasteiger partial charge in [0.05, 0.1) is 6.10 Å². The van der Waals surface area contributed by atoms with Crippen molar-refractivity contribution in [2.24, 2.45) is 5.92 Å². The van der Waals surface area contributed by atoms with E-state index in [1.165, 1.54) is 25.0 Å². The van der Waals surface area contributed by atoms with Crippen molar-refractivity contribution in [1.82, 2.24) is 4.90 Å². The molecule has 0 amide bonds. The number of aliphatic hydroxyl groups is 1. The fourth-order valence-electron chi connectivity index (χ4n) is 2.14. The van der Waals surface area contributed by atoms with Crippen LogP contribution < -0.4 is 0 Å². The zero-order valence-electron chi connectivity index (χ0n) is 11.0. The molecule has 1 aliphatic rings. The average molecular weight is 251 g/mol. The van der Waals surface area contributed by atoms with Crippen molar-refractivity contribution >= 4 is 0 Å². The van der Waals surface area contributed by atoms with E-state index in [4.69, 9.17) is 0 Å². The molecule has 0 bridgehead atoms. The third kappa shape index (κ3) is 4.39. The molecule has 3 heteroatoms. The maximum absolute atomic E-state index is 12.9. The van der Waals surface area contributed by atoms with Crippen LogP contribution in [-0.2, 0) is 6.54 Å². The van der Waals surface area contributed by atoms with Crippen LogP contribution in [0.15, 0.2) is 24.3 Å². The Bertz CT molecular complexity index is 361. The number of benzene rings is 1. The van der Waals surface area contributed by atoms with E-state index in [1.54, 1.807) is 0 Å². The van der Waals surface area contributed by atoms with Gasteiger partial charge in [0.2, 0.25) is 0 Å². The van der Waals surface area contributed by atoms with Crippen molar-refractivity contribution in [3.05, 3.63) is 35.6 Å². The molecule has 1 aromatic rings. The van der Waals surface area contributed by atoms with Crippen LogP contribution in [0.2, 0.25) is 0 Å². The maximum Gasteiger partial charge on any atom is 0.123 e. The van der Waals surface area contributed by atoms with Crippen LogP contribution in [0.1, 0.15) is 31.7 Å². The van der Waals surface area contributed by atoms with Gasteiger partial charge in [0, 0.05) is 19.6 Å². The highest BCUT2D eigenvalue weighted by Gasteiger charge is 2.25. The van der Waals surface area contributed by atoms with Crippen LogP contribution in [0, 0.1) is 11.7 Å². The predicted octanol–water partition coefficient (Wildman–Crippen LogP) is 2.81. The smallest absolute Gasteiger partial charge is 0.123 e. The molecule has 1 saturated carbocycles. The fourth-order valence-corrected chi connectivity index (χ4v) is 2.14. The second-order valence-corrected chi connectivity index (χ2v) is 5.33. The molecule has 0 spiro atoms. The van der Waals surface area contributed by atoms with Crippen molar-refractivity contribution in [3.63, 3.8) is 0 Å². The number of hydrogen-bond donors (Lipinski definition) is 1. The molecule has 18 heavy (non-hydrogen) atoms. The first kappa shape index (κ1) is 13.5. The van der Waals surface area contributed by atoms with Crippen molar-refractivity contribution in [2.75, 3.05) is 13.1 Å². The lowest BCUT2D eigenvalue weighted by Gasteiger charge is -2.24. The zero-order chi connectivity index (χ0) is 13.0. The van der Waals surface area contributed by atoms with E-state index in [1.807, 2.05) is 19.1 Å². The highest BCUT2D eigenvalue weighted by atomic mass is 19.1. The third-order valence-corrected chi connectivity index (χ3v) is 3.47. The van der Waals surface area contributed by atoms with Gasteiger partial charge in [-0.05, 0) is 42.9 Å². The van der Waals surface area contributed by atoms with Gasteiger partial charge in [-0.2, -0.15) is 0 Å². The second-order valence-electron chi connectivity index (χ2n) is 5.33. The number of aliphatic hydroxyl groups excluding tert-OH is 1. The largest absolute Gasteiger partial charge is 0.392 e. The van der Waals surface area contributed by atoms with Crippen molar-refractivity contribution < 1.29 is 9.50 Å². The first-order chi connectivity index (χ1) is 8.67. The molecule has 1 atom stereocenters. The summed E-state index contributed by atoms with van der Waals surface area (Å²) in [7, 11) is 0. The Labute approximate surface area is 108 Å². The van der Waals surface area contributed by atoms with Gasteiger partial charge in [-0.25, -0.2) is 4.39 Å². The highest BCUT2D eigenvalue weighted by Crippen LogP contribution is 2.30. The summed E-state index contributed by atoms with van der Waals surface area (Å²) in [4.78, 5) is 2.29. The molecule has 0 aliphatic heterocycles. The van der Waals surface area contributed by atoms with E-state index < -0.39 is 0 Å². The first-order valence-corrected chi connectivity index (χ1v) is 6.82. The van der Waals surface area contributed by atoms with Gasteiger partial charge >= 0.3 is 0 Å². The Kier molecular flexibility index (Phi) is 4.72. The normalized spacial score (nSPS) is 17.1. The summed E-state index contributed by atoms with van der Waals surface area (Å²) in [5, 5.41) is 9.78. The molecular formula is C15H22FNO. The fraction of sp³-hybridized carbons (Fsp3) is 0.600. The Morgan fingerprint density at radius 3 is 2.56 bits per heavy atom. The molecule has 0 saturated heterocycles. The Hall–Kier alpha value is -0.930.